The van der Waals surface area contributed by atoms with Crippen molar-refractivity contribution in [2.75, 3.05) is 13.2 Å². The van der Waals surface area contributed by atoms with Crippen LogP contribution in [0.2, 0.25) is 0 Å². The topological polar surface area (TPSA) is 70.3 Å². The molecule has 5 nitrogen and oxygen atoms in total. The molecule has 0 spiro atoms. The van der Waals surface area contributed by atoms with Gasteiger partial charge in [0.15, 0.2) is 0 Å². The van der Waals surface area contributed by atoms with Crippen LogP contribution in [0.4, 0.5) is 0 Å². The van der Waals surface area contributed by atoms with Gasteiger partial charge in [0.05, 0.1) is 18.4 Å². The van der Waals surface area contributed by atoms with Gasteiger partial charge in [0.1, 0.15) is 0 Å². The molecule has 1 rings (SSSR count). The quantitative estimate of drug-likeness (QED) is 0.591. The molecule has 0 saturated carbocycles. The fraction of sp³-hybridized carbons (Fsp3) is 0.700. The highest BCUT2D eigenvalue weighted by Gasteiger charge is 2.06. The molecule has 0 aromatic carbocycles. The minimum absolute atomic E-state index is 0.208. The van der Waals surface area contributed by atoms with Crippen LogP contribution in [-0.4, -0.2) is 39.2 Å². The van der Waals surface area contributed by atoms with Gasteiger partial charge in [-0.15, -0.1) is 0 Å². The average Bonchev–Trinajstić information content (AvgIpc) is 2.58. The fourth-order valence-corrected chi connectivity index (χ4v) is 1.47. The summed E-state index contributed by atoms with van der Waals surface area (Å²) in [7, 11) is 1.89. The molecule has 0 radical (unpaired) electrons. The van der Waals surface area contributed by atoms with E-state index in [2.05, 4.69) is 17.3 Å². The zero-order valence-corrected chi connectivity index (χ0v) is 9.27. The highest BCUT2D eigenvalue weighted by Crippen LogP contribution is 2.06. The first-order chi connectivity index (χ1) is 7.17. The number of hydrogen-bond acceptors (Lipinski definition) is 4. The van der Waals surface area contributed by atoms with Crippen LogP contribution in [0.25, 0.3) is 0 Å². The van der Waals surface area contributed by atoms with Gasteiger partial charge in [0.2, 0.25) is 0 Å². The van der Waals surface area contributed by atoms with Crippen LogP contribution in [0.5, 0.6) is 0 Å². The van der Waals surface area contributed by atoms with Gasteiger partial charge in [-0.2, -0.15) is 5.10 Å². The van der Waals surface area contributed by atoms with Gasteiger partial charge in [-0.1, -0.05) is 6.92 Å². The Labute approximate surface area is 89.7 Å². The maximum atomic E-state index is 9.13. The third-order valence-electron chi connectivity index (χ3n) is 2.23. The van der Waals surface area contributed by atoms with Crippen LogP contribution in [0, 0.1) is 0 Å². The monoisotopic (exact) mass is 213 g/mol. The lowest BCUT2D eigenvalue weighted by molar-refractivity contribution is 0.0942. The van der Waals surface area contributed by atoms with Crippen molar-refractivity contribution in [2.45, 2.75) is 26.0 Å². The SMILES string of the molecule is CCc1nn(C)cc1CNCC(O)CO. The molecule has 1 aromatic rings. The molecule has 0 saturated heterocycles. The molecule has 0 amide bonds. The Kier molecular flexibility index (Phi) is 4.74. The summed E-state index contributed by atoms with van der Waals surface area (Å²) in [6, 6.07) is 0. The molecular formula is C10H19N3O2. The van der Waals surface area contributed by atoms with Crippen molar-refractivity contribution < 1.29 is 10.2 Å². The molecule has 1 atom stereocenters. The van der Waals surface area contributed by atoms with E-state index >= 15 is 0 Å². The van der Waals surface area contributed by atoms with E-state index < -0.39 is 6.10 Å². The van der Waals surface area contributed by atoms with Gasteiger partial charge in [0, 0.05) is 31.9 Å². The zero-order valence-electron chi connectivity index (χ0n) is 9.27. The predicted octanol–water partition coefficient (Wildman–Crippen LogP) is -0.575. The zero-order chi connectivity index (χ0) is 11.3. The van der Waals surface area contributed by atoms with Gasteiger partial charge < -0.3 is 15.5 Å². The molecule has 15 heavy (non-hydrogen) atoms. The molecule has 0 bridgehead atoms. The van der Waals surface area contributed by atoms with Crippen LogP contribution in [0.3, 0.4) is 0 Å². The molecule has 1 heterocycles. The number of rotatable bonds is 6. The summed E-state index contributed by atoms with van der Waals surface area (Å²) in [5.74, 6) is 0. The second kappa shape index (κ2) is 5.85. The summed E-state index contributed by atoms with van der Waals surface area (Å²) in [5.41, 5.74) is 2.22. The van der Waals surface area contributed by atoms with E-state index in [4.69, 9.17) is 10.2 Å². The Morgan fingerprint density at radius 1 is 1.60 bits per heavy atom. The average molecular weight is 213 g/mol. The van der Waals surface area contributed by atoms with Crippen molar-refractivity contribution in [2.24, 2.45) is 7.05 Å². The Morgan fingerprint density at radius 2 is 2.33 bits per heavy atom. The number of nitrogens with zero attached hydrogens (tertiary/aromatic N) is 2. The van der Waals surface area contributed by atoms with E-state index in [0.717, 1.165) is 17.7 Å². The summed E-state index contributed by atoms with van der Waals surface area (Å²) in [5, 5.41) is 25.2. The summed E-state index contributed by atoms with van der Waals surface area (Å²) in [4.78, 5) is 0. The van der Waals surface area contributed by atoms with Crippen molar-refractivity contribution in [3.05, 3.63) is 17.5 Å². The smallest absolute Gasteiger partial charge is 0.0895 e. The number of aliphatic hydroxyl groups excluding tert-OH is 2. The van der Waals surface area contributed by atoms with Gasteiger partial charge in [-0.05, 0) is 6.42 Å². The fourth-order valence-electron chi connectivity index (χ4n) is 1.47. The van der Waals surface area contributed by atoms with Crippen molar-refractivity contribution in [3.63, 3.8) is 0 Å². The third kappa shape index (κ3) is 3.62. The standard InChI is InChI=1S/C10H19N3O2/c1-3-10-8(6-13(2)12-10)4-11-5-9(15)7-14/h6,9,11,14-15H,3-5,7H2,1-2H3. The molecule has 1 aromatic heterocycles. The second-order valence-corrected chi connectivity index (χ2v) is 3.60. The number of aliphatic hydroxyl groups is 2. The highest BCUT2D eigenvalue weighted by molar-refractivity contribution is 5.16. The van der Waals surface area contributed by atoms with E-state index in [1.54, 1.807) is 4.68 Å². The van der Waals surface area contributed by atoms with E-state index in [1.165, 1.54) is 0 Å². The Bertz CT molecular complexity index is 299. The number of hydrogen-bond donors (Lipinski definition) is 3. The van der Waals surface area contributed by atoms with E-state index in [9.17, 15) is 0 Å². The molecule has 3 N–H and O–H groups in total. The minimum Gasteiger partial charge on any atom is -0.394 e. The molecule has 0 aliphatic rings. The molecule has 86 valence electrons. The number of aromatic nitrogens is 2. The molecule has 0 aliphatic heterocycles. The Hall–Kier alpha value is -0.910. The van der Waals surface area contributed by atoms with Gasteiger partial charge >= 0.3 is 0 Å². The third-order valence-corrected chi connectivity index (χ3v) is 2.23. The first kappa shape index (κ1) is 12.2. The maximum absolute atomic E-state index is 9.13. The summed E-state index contributed by atoms with van der Waals surface area (Å²) >= 11 is 0. The summed E-state index contributed by atoms with van der Waals surface area (Å²) in [6.07, 6.45) is 2.18. The molecule has 1 unspecified atom stereocenters. The van der Waals surface area contributed by atoms with Crippen LogP contribution >= 0.6 is 0 Å². The van der Waals surface area contributed by atoms with Crippen molar-refractivity contribution in [1.82, 2.24) is 15.1 Å². The predicted molar refractivity (Wildman–Crippen MR) is 57.4 cm³/mol. The molecule has 0 aliphatic carbocycles. The van der Waals surface area contributed by atoms with Crippen molar-refractivity contribution in [3.8, 4) is 0 Å². The van der Waals surface area contributed by atoms with Crippen LogP contribution < -0.4 is 5.32 Å². The number of aryl methyl sites for hydroxylation is 2. The summed E-state index contributed by atoms with van der Waals surface area (Å²) in [6.45, 7) is 2.93. The second-order valence-electron chi connectivity index (χ2n) is 3.60. The lowest BCUT2D eigenvalue weighted by atomic mass is 10.2. The highest BCUT2D eigenvalue weighted by atomic mass is 16.3. The van der Waals surface area contributed by atoms with E-state index in [1.807, 2.05) is 13.2 Å². The first-order valence-electron chi connectivity index (χ1n) is 5.18. The van der Waals surface area contributed by atoms with Gasteiger partial charge in [-0.3, -0.25) is 4.68 Å². The summed E-state index contributed by atoms with van der Waals surface area (Å²) < 4.78 is 1.79. The van der Waals surface area contributed by atoms with Gasteiger partial charge in [-0.25, -0.2) is 0 Å². The molecule has 5 heteroatoms. The van der Waals surface area contributed by atoms with E-state index in [-0.39, 0.29) is 6.61 Å². The van der Waals surface area contributed by atoms with Gasteiger partial charge in [0.25, 0.3) is 0 Å². The minimum atomic E-state index is -0.688. The Balaban J connectivity index is 2.42. The van der Waals surface area contributed by atoms with E-state index in [0.29, 0.717) is 13.1 Å². The Morgan fingerprint density at radius 3 is 2.93 bits per heavy atom. The number of nitrogens with one attached hydrogen (secondary N) is 1. The normalized spacial score (nSPS) is 13.1. The van der Waals surface area contributed by atoms with Crippen LogP contribution in [-0.2, 0) is 20.0 Å². The maximum Gasteiger partial charge on any atom is 0.0895 e. The lowest BCUT2D eigenvalue weighted by Gasteiger charge is -2.08. The molecular weight excluding hydrogens is 194 g/mol. The molecule has 0 fully saturated rings. The van der Waals surface area contributed by atoms with Crippen molar-refractivity contribution in [1.29, 1.82) is 0 Å². The first-order valence-corrected chi connectivity index (χ1v) is 5.18. The van der Waals surface area contributed by atoms with Crippen molar-refractivity contribution >= 4 is 0 Å². The van der Waals surface area contributed by atoms with Crippen LogP contribution in [0.15, 0.2) is 6.20 Å². The largest absolute Gasteiger partial charge is 0.394 e. The van der Waals surface area contributed by atoms with Crippen LogP contribution in [0.1, 0.15) is 18.2 Å². The lowest BCUT2D eigenvalue weighted by Crippen LogP contribution is -2.29.